The summed E-state index contributed by atoms with van der Waals surface area (Å²) in [6.07, 6.45) is 3.25. The van der Waals surface area contributed by atoms with Crippen LogP contribution in [0.5, 0.6) is 0 Å². The van der Waals surface area contributed by atoms with Crippen LogP contribution in [-0.4, -0.2) is 19.6 Å². The highest BCUT2D eigenvalue weighted by atomic mass is 15.1. The topological polar surface area (TPSA) is 29.3 Å². The van der Waals surface area contributed by atoms with Crippen LogP contribution < -0.4 is 10.6 Å². The Kier molecular flexibility index (Phi) is 6.20. The van der Waals surface area contributed by atoms with Crippen LogP contribution >= 0.6 is 0 Å². The molecule has 2 unspecified atom stereocenters. The van der Waals surface area contributed by atoms with Crippen molar-refractivity contribution in [1.82, 2.24) is 0 Å². The molecule has 18 heavy (non-hydrogen) atoms. The molecule has 1 aromatic carbocycles. The van der Waals surface area contributed by atoms with Crippen LogP contribution in [0, 0.1) is 5.92 Å². The lowest BCUT2D eigenvalue weighted by Crippen LogP contribution is -2.24. The van der Waals surface area contributed by atoms with E-state index in [0.717, 1.165) is 25.3 Å². The van der Waals surface area contributed by atoms with Gasteiger partial charge in [0.2, 0.25) is 0 Å². The molecule has 0 spiro atoms. The maximum absolute atomic E-state index is 5.98. The summed E-state index contributed by atoms with van der Waals surface area (Å²) in [6.45, 7) is 7.79. The first-order chi connectivity index (χ1) is 8.56. The molecule has 0 saturated carbocycles. The molecule has 2 atom stereocenters. The molecule has 0 heterocycles. The minimum absolute atomic E-state index is 0.286. The van der Waals surface area contributed by atoms with Crippen LogP contribution in [0.1, 0.15) is 39.2 Å². The molecule has 2 N–H and O–H groups in total. The molecule has 0 amide bonds. The predicted octanol–water partition coefficient (Wildman–Crippen LogP) is 3.45. The lowest BCUT2D eigenvalue weighted by molar-refractivity contribution is 0.560. The number of rotatable bonds is 7. The highest BCUT2D eigenvalue weighted by Crippen LogP contribution is 2.17. The maximum atomic E-state index is 5.98. The van der Waals surface area contributed by atoms with Crippen molar-refractivity contribution in [2.75, 3.05) is 18.5 Å². The van der Waals surface area contributed by atoms with E-state index in [-0.39, 0.29) is 6.04 Å². The van der Waals surface area contributed by atoms with E-state index >= 15 is 0 Å². The highest BCUT2D eigenvalue weighted by Gasteiger charge is 2.06. The second-order valence-electron chi connectivity index (χ2n) is 5.43. The lowest BCUT2D eigenvalue weighted by Gasteiger charge is -2.23. The van der Waals surface area contributed by atoms with Gasteiger partial charge in [0.25, 0.3) is 0 Å². The molecule has 0 fully saturated rings. The van der Waals surface area contributed by atoms with E-state index in [0.29, 0.717) is 0 Å². The Morgan fingerprint density at radius 1 is 1.11 bits per heavy atom. The van der Waals surface area contributed by atoms with E-state index in [1.807, 2.05) is 0 Å². The third-order valence-corrected chi connectivity index (χ3v) is 3.68. The molecule has 0 aliphatic rings. The van der Waals surface area contributed by atoms with Crippen molar-refractivity contribution in [2.45, 2.75) is 46.1 Å². The Labute approximate surface area is 112 Å². The average Bonchev–Trinajstić information content (AvgIpc) is 2.39. The number of hydrogen-bond donors (Lipinski definition) is 1. The van der Waals surface area contributed by atoms with E-state index in [2.05, 4.69) is 57.0 Å². The Morgan fingerprint density at radius 2 is 1.72 bits per heavy atom. The summed E-state index contributed by atoms with van der Waals surface area (Å²) >= 11 is 0. The van der Waals surface area contributed by atoms with Crippen LogP contribution in [0.3, 0.4) is 0 Å². The summed E-state index contributed by atoms with van der Waals surface area (Å²) in [5, 5.41) is 0. The molecule has 0 aliphatic heterocycles. The van der Waals surface area contributed by atoms with Gasteiger partial charge in [-0.15, -0.1) is 0 Å². The van der Waals surface area contributed by atoms with Gasteiger partial charge >= 0.3 is 0 Å². The van der Waals surface area contributed by atoms with E-state index < -0.39 is 0 Å². The highest BCUT2D eigenvalue weighted by molar-refractivity contribution is 5.47. The molecule has 1 aromatic rings. The van der Waals surface area contributed by atoms with Crippen LogP contribution in [-0.2, 0) is 6.42 Å². The van der Waals surface area contributed by atoms with Crippen molar-refractivity contribution in [3.05, 3.63) is 29.8 Å². The molecule has 0 aromatic heterocycles. The summed E-state index contributed by atoms with van der Waals surface area (Å²) in [5.41, 5.74) is 8.61. The van der Waals surface area contributed by atoms with Crippen molar-refractivity contribution < 1.29 is 0 Å². The van der Waals surface area contributed by atoms with Gasteiger partial charge in [-0.3, -0.25) is 0 Å². The smallest absolute Gasteiger partial charge is 0.0363 e. The van der Waals surface area contributed by atoms with Gasteiger partial charge < -0.3 is 10.6 Å². The number of benzene rings is 1. The monoisotopic (exact) mass is 248 g/mol. The van der Waals surface area contributed by atoms with E-state index in [1.165, 1.54) is 17.7 Å². The lowest BCUT2D eigenvalue weighted by atomic mass is 10.0. The van der Waals surface area contributed by atoms with Gasteiger partial charge in [-0.1, -0.05) is 39.3 Å². The molecule has 0 saturated heterocycles. The molecular weight excluding hydrogens is 220 g/mol. The molecular formula is C16H28N2. The number of nitrogens with two attached hydrogens (primary N) is 1. The molecule has 0 aliphatic carbocycles. The van der Waals surface area contributed by atoms with E-state index in [1.54, 1.807) is 0 Å². The zero-order valence-electron chi connectivity index (χ0n) is 12.3. The van der Waals surface area contributed by atoms with Crippen molar-refractivity contribution >= 4 is 5.69 Å². The molecule has 0 radical (unpaired) electrons. The third-order valence-electron chi connectivity index (χ3n) is 3.68. The quantitative estimate of drug-likeness (QED) is 0.801. The second kappa shape index (κ2) is 7.42. The van der Waals surface area contributed by atoms with Crippen molar-refractivity contribution in [2.24, 2.45) is 11.7 Å². The molecule has 102 valence electrons. The third kappa shape index (κ3) is 4.69. The number of nitrogens with zero attached hydrogens (tertiary/aromatic N) is 1. The van der Waals surface area contributed by atoms with Gasteiger partial charge in [-0.2, -0.15) is 0 Å². The fraction of sp³-hybridized carbons (Fsp3) is 0.625. The zero-order chi connectivity index (χ0) is 13.5. The second-order valence-corrected chi connectivity index (χ2v) is 5.43. The van der Waals surface area contributed by atoms with Crippen LogP contribution in [0.4, 0.5) is 5.69 Å². The fourth-order valence-electron chi connectivity index (χ4n) is 2.04. The molecule has 2 nitrogen and oxygen atoms in total. The minimum Gasteiger partial charge on any atom is -0.374 e. The van der Waals surface area contributed by atoms with Gasteiger partial charge in [-0.05, 0) is 36.5 Å². The Bertz CT molecular complexity index is 331. The van der Waals surface area contributed by atoms with Crippen LogP contribution in [0.25, 0.3) is 0 Å². The molecule has 1 rings (SSSR count). The van der Waals surface area contributed by atoms with Gasteiger partial charge in [0.1, 0.15) is 0 Å². The van der Waals surface area contributed by atoms with Gasteiger partial charge in [0.15, 0.2) is 0 Å². The van der Waals surface area contributed by atoms with Gasteiger partial charge in [0, 0.05) is 25.3 Å². The summed E-state index contributed by atoms with van der Waals surface area (Å²) in [5.74, 6) is 0.739. The fourth-order valence-corrected chi connectivity index (χ4v) is 2.04. The Hall–Kier alpha value is -1.02. The Balaban J connectivity index is 2.59. The van der Waals surface area contributed by atoms with Crippen molar-refractivity contribution in [3.8, 4) is 0 Å². The zero-order valence-corrected chi connectivity index (χ0v) is 12.3. The first kappa shape index (κ1) is 15.0. The first-order valence-corrected chi connectivity index (χ1v) is 7.12. The largest absolute Gasteiger partial charge is 0.374 e. The van der Waals surface area contributed by atoms with E-state index in [9.17, 15) is 0 Å². The molecule has 0 bridgehead atoms. The summed E-state index contributed by atoms with van der Waals surface area (Å²) < 4.78 is 0. The summed E-state index contributed by atoms with van der Waals surface area (Å²) in [7, 11) is 2.17. The Morgan fingerprint density at radius 3 is 2.22 bits per heavy atom. The van der Waals surface area contributed by atoms with Crippen molar-refractivity contribution in [3.63, 3.8) is 0 Å². The normalized spacial score (nSPS) is 14.3. The summed E-state index contributed by atoms with van der Waals surface area (Å²) in [6, 6.07) is 9.12. The van der Waals surface area contributed by atoms with Crippen molar-refractivity contribution in [1.29, 1.82) is 0 Å². The number of anilines is 1. The van der Waals surface area contributed by atoms with Crippen LogP contribution in [0.15, 0.2) is 24.3 Å². The number of hydrogen-bond acceptors (Lipinski definition) is 2. The standard InChI is InChI=1S/C16H28N2/c1-5-13(3)12-18(4)16-9-7-14(8-10-16)11-15(17)6-2/h7-10,13,15H,5-6,11-12,17H2,1-4H3. The summed E-state index contributed by atoms with van der Waals surface area (Å²) in [4.78, 5) is 2.33. The van der Waals surface area contributed by atoms with Crippen LogP contribution in [0.2, 0.25) is 0 Å². The maximum Gasteiger partial charge on any atom is 0.0363 e. The molecule has 2 heteroatoms. The minimum atomic E-state index is 0.286. The van der Waals surface area contributed by atoms with Gasteiger partial charge in [-0.25, -0.2) is 0 Å². The average molecular weight is 248 g/mol. The van der Waals surface area contributed by atoms with Gasteiger partial charge in [0.05, 0.1) is 0 Å². The SMILES string of the molecule is CCC(C)CN(C)c1ccc(CC(N)CC)cc1. The first-order valence-electron chi connectivity index (χ1n) is 7.12. The predicted molar refractivity (Wildman–Crippen MR) is 81.1 cm³/mol. The van der Waals surface area contributed by atoms with E-state index in [4.69, 9.17) is 5.73 Å².